The van der Waals surface area contributed by atoms with Crippen molar-refractivity contribution in [2.75, 3.05) is 13.1 Å². The third-order valence-electron chi connectivity index (χ3n) is 3.50. The van der Waals surface area contributed by atoms with Gasteiger partial charge < -0.3 is 9.88 Å². The SMILES string of the molecule is CCn1c(C)nnc1C1(C)CCNCC1. The van der Waals surface area contributed by atoms with Crippen LogP contribution in [0.1, 0.15) is 38.3 Å². The molecule has 0 bridgehead atoms. The average Bonchev–Trinajstić information content (AvgIpc) is 2.61. The summed E-state index contributed by atoms with van der Waals surface area (Å²) in [6.45, 7) is 9.65. The van der Waals surface area contributed by atoms with E-state index in [4.69, 9.17) is 0 Å². The lowest BCUT2D eigenvalue weighted by Gasteiger charge is -2.33. The summed E-state index contributed by atoms with van der Waals surface area (Å²) < 4.78 is 2.24. The zero-order valence-electron chi connectivity index (χ0n) is 9.88. The maximum absolute atomic E-state index is 4.37. The first-order valence-corrected chi connectivity index (χ1v) is 5.78. The molecule has 1 saturated heterocycles. The van der Waals surface area contributed by atoms with Crippen LogP contribution in [0.3, 0.4) is 0 Å². The number of aryl methyl sites for hydroxylation is 1. The Morgan fingerprint density at radius 3 is 2.60 bits per heavy atom. The number of rotatable bonds is 2. The summed E-state index contributed by atoms with van der Waals surface area (Å²) in [6.07, 6.45) is 2.32. The standard InChI is InChI=1S/C11H20N4/c1-4-15-9(2)13-14-10(15)11(3)5-7-12-8-6-11/h12H,4-8H2,1-3H3. The van der Waals surface area contributed by atoms with Gasteiger partial charge in [0, 0.05) is 12.0 Å². The van der Waals surface area contributed by atoms with Crippen molar-refractivity contribution in [3.63, 3.8) is 0 Å². The predicted molar refractivity (Wildman–Crippen MR) is 59.9 cm³/mol. The molecule has 0 amide bonds. The van der Waals surface area contributed by atoms with Crippen molar-refractivity contribution in [1.29, 1.82) is 0 Å². The lowest BCUT2D eigenvalue weighted by molar-refractivity contribution is 0.308. The van der Waals surface area contributed by atoms with Crippen molar-refractivity contribution in [2.45, 2.75) is 45.6 Å². The van der Waals surface area contributed by atoms with Gasteiger partial charge in [0.15, 0.2) is 0 Å². The highest BCUT2D eigenvalue weighted by Gasteiger charge is 2.33. The molecule has 0 aliphatic carbocycles. The Hall–Kier alpha value is -0.900. The third kappa shape index (κ3) is 1.78. The molecule has 0 unspecified atom stereocenters. The minimum absolute atomic E-state index is 0.211. The number of aromatic nitrogens is 3. The fraction of sp³-hybridized carbons (Fsp3) is 0.818. The second-order valence-electron chi connectivity index (χ2n) is 4.63. The van der Waals surface area contributed by atoms with E-state index in [0.29, 0.717) is 0 Å². The van der Waals surface area contributed by atoms with Crippen LogP contribution in [-0.4, -0.2) is 27.9 Å². The summed E-state index contributed by atoms with van der Waals surface area (Å²) >= 11 is 0. The zero-order chi connectivity index (χ0) is 10.9. The molecule has 1 fully saturated rings. The highest BCUT2D eigenvalue weighted by Crippen LogP contribution is 2.31. The summed E-state index contributed by atoms with van der Waals surface area (Å²) in [5, 5.41) is 12.0. The summed E-state index contributed by atoms with van der Waals surface area (Å²) in [4.78, 5) is 0. The van der Waals surface area contributed by atoms with Gasteiger partial charge in [-0.1, -0.05) is 6.92 Å². The quantitative estimate of drug-likeness (QED) is 0.795. The first-order chi connectivity index (χ1) is 7.17. The first kappa shape index (κ1) is 10.6. The van der Waals surface area contributed by atoms with E-state index in [2.05, 4.69) is 33.9 Å². The van der Waals surface area contributed by atoms with E-state index >= 15 is 0 Å². The van der Waals surface area contributed by atoms with E-state index in [9.17, 15) is 0 Å². The Bertz CT molecular complexity index is 336. The van der Waals surface area contributed by atoms with Gasteiger partial charge in [0.25, 0.3) is 0 Å². The van der Waals surface area contributed by atoms with Crippen molar-refractivity contribution in [3.8, 4) is 0 Å². The molecule has 1 aliphatic rings. The first-order valence-electron chi connectivity index (χ1n) is 5.78. The molecule has 84 valence electrons. The number of hydrogen-bond acceptors (Lipinski definition) is 3. The molecule has 0 spiro atoms. The van der Waals surface area contributed by atoms with E-state index in [1.165, 1.54) is 5.82 Å². The Labute approximate surface area is 91.1 Å². The molecular weight excluding hydrogens is 188 g/mol. The van der Waals surface area contributed by atoms with Gasteiger partial charge in [-0.05, 0) is 39.8 Å². The van der Waals surface area contributed by atoms with Gasteiger partial charge in [-0.2, -0.15) is 0 Å². The van der Waals surface area contributed by atoms with E-state index < -0.39 is 0 Å². The Morgan fingerprint density at radius 1 is 1.33 bits per heavy atom. The average molecular weight is 208 g/mol. The number of nitrogens with zero attached hydrogens (tertiary/aromatic N) is 3. The highest BCUT2D eigenvalue weighted by atomic mass is 15.3. The van der Waals surface area contributed by atoms with Crippen LogP contribution in [0.5, 0.6) is 0 Å². The van der Waals surface area contributed by atoms with Crippen LogP contribution >= 0.6 is 0 Å². The van der Waals surface area contributed by atoms with Crippen LogP contribution in [0.2, 0.25) is 0 Å². The minimum Gasteiger partial charge on any atom is -0.317 e. The van der Waals surface area contributed by atoms with E-state index in [0.717, 1.165) is 38.3 Å². The second kappa shape index (κ2) is 3.93. The Kier molecular flexibility index (Phi) is 2.78. The molecule has 0 saturated carbocycles. The summed E-state index contributed by atoms with van der Waals surface area (Å²) in [5.74, 6) is 2.20. The molecule has 2 heterocycles. The molecule has 2 rings (SSSR count). The number of nitrogens with one attached hydrogen (secondary N) is 1. The van der Waals surface area contributed by atoms with Crippen LogP contribution in [0.15, 0.2) is 0 Å². The number of hydrogen-bond donors (Lipinski definition) is 1. The van der Waals surface area contributed by atoms with Crippen LogP contribution in [0.4, 0.5) is 0 Å². The Morgan fingerprint density at radius 2 is 2.00 bits per heavy atom. The van der Waals surface area contributed by atoms with Crippen LogP contribution in [0.25, 0.3) is 0 Å². The minimum atomic E-state index is 0.211. The maximum Gasteiger partial charge on any atom is 0.139 e. The van der Waals surface area contributed by atoms with E-state index in [1.54, 1.807) is 0 Å². The molecular formula is C11H20N4. The monoisotopic (exact) mass is 208 g/mol. The van der Waals surface area contributed by atoms with E-state index in [-0.39, 0.29) is 5.41 Å². The van der Waals surface area contributed by atoms with Crippen LogP contribution < -0.4 is 5.32 Å². The van der Waals surface area contributed by atoms with Gasteiger partial charge in [0.05, 0.1) is 0 Å². The van der Waals surface area contributed by atoms with Crippen molar-refractivity contribution in [2.24, 2.45) is 0 Å². The largest absolute Gasteiger partial charge is 0.317 e. The molecule has 0 radical (unpaired) electrons. The van der Waals surface area contributed by atoms with Crippen LogP contribution in [-0.2, 0) is 12.0 Å². The third-order valence-corrected chi connectivity index (χ3v) is 3.50. The van der Waals surface area contributed by atoms with Crippen molar-refractivity contribution < 1.29 is 0 Å². The molecule has 1 N–H and O–H groups in total. The molecule has 4 heteroatoms. The maximum atomic E-state index is 4.37. The normalized spacial score (nSPS) is 20.5. The van der Waals surface area contributed by atoms with Gasteiger partial charge in [-0.25, -0.2) is 0 Å². The molecule has 0 atom stereocenters. The van der Waals surface area contributed by atoms with Crippen molar-refractivity contribution >= 4 is 0 Å². The molecule has 4 nitrogen and oxygen atoms in total. The molecule has 15 heavy (non-hydrogen) atoms. The van der Waals surface area contributed by atoms with Gasteiger partial charge in [0.2, 0.25) is 0 Å². The molecule has 1 aromatic heterocycles. The van der Waals surface area contributed by atoms with Gasteiger partial charge in [-0.15, -0.1) is 10.2 Å². The molecule has 1 aromatic rings. The van der Waals surface area contributed by atoms with Crippen molar-refractivity contribution in [3.05, 3.63) is 11.6 Å². The van der Waals surface area contributed by atoms with Gasteiger partial charge in [0.1, 0.15) is 11.6 Å². The summed E-state index contributed by atoms with van der Waals surface area (Å²) in [7, 11) is 0. The summed E-state index contributed by atoms with van der Waals surface area (Å²) in [6, 6.07) is 0. The van der Waals surface area contributed by atoms with E-state index in [1.807, 2.05) is 6.92 Å². The number of piperidine rings is 1. The lowest BCUT2D eigenvalue weighted by Crippen LogP contribution is -2.39. The van der Waals surface area contributed by atoms with Gasteiger partial charge in [-0.3, -0.25) is 0 Å². The Balaban J connectivity index is 2.34. The fourth-order valence-corrected chi connectivity index (χ4v) is 2.41. The van der Waals surface area contributed by atoms with Crippen molar-refractivity contribution in [1.82, 2.24) is 20.1 Å². The topological polar surface area (TPSA) is 42.7 Å². The predicted octanol–water partition coefficient (Wildman–Crippen LogP) is 1.25. The second-order valence-corrected chi connectivity index (χ2v) is 4.63. The molecule has 0 aromatic carbocycles. The van der Waals surface area contributed by atoms with Crippen LogP contribution in [0, 0.1) is 6.92 Å². The summed E-state index contributed by atoms with van der Waals surface area (Å²) in [5.41, 5.74) is 0.211. The lowest BCUT2D eigenvalue weighted by atomic mass is 9.80. The smallest absolute Gasteiger partial charge is 0.139 e. The fourth-order valence-electron chi connectivity index (χ4n) is 2.41. The highest BCUT2D eigenvalue weighted by molar-refractivity contribution is 5.10. The van der Waals surface area contributed by atoms with Gasteiger partial charge >= 0.3 is 0 Å². The zero-order valence-corrected chi connectivity index (χ0v) is 9.88. The molecule has 1 aliphatic heterocycles.